The van der Waals surface area contributed by atoms with Crippen LogP contribution in [0.5, 0.6) is 0 Å². The van der Waals surface area contributed by atoms with Crippen LogP contribution < -0.4 is 5.32 Å². The molecule has 1 aromatic heterocycles. The molecule has 0 bridgehead atoms. The average molecular weight is 272 g/mol. The maximum atomic E-state index is 12.4. The lowest BCUT2D eigenvalue weighted by Gasteiger charge is -2.02. The van der Waals surface area contributed by atoms with Gasteiger partial charge in [-0.25, -0.2) is 0 Å². The number of hydrogen-bond acceptors (Lipinski definition) is 2. The van der Waals surface area contributed by atoms with Crippen LogP contribution in [0, 0.1) is 0 Å². The van der Waals surface area contributed by atoms with Crippen LogP contribution in [0.2, 0.25) is 0 Å². The highest BCUT2D eigenvalue weighted by Gasteiger charge is 2.37. The Bertz CT molecular complexity index is 332. The zero-order chi connectivity index (χ0) is 10.9. The van der Waals surface area contributed by atoms with Gasteiger partial charge in [0.15, 0.2) is 5.69 Å². The monoisotopic (exact) mass is 271 g/mol. The van der Waals surface area contributed by atoms with Gasteiger partial charge in [-0.1, -0.05) is 0 Å². The van der Waals surface area contributed by atoms with Gasteiger partial charge in [0.25, 0.3) is 0 Å². The molecule has 0 radical (unpaired) electrons. The molecule has 3 nitrogen and oxygen atoms in total. The fourth-order valence-electron chi connectivity index (χ4n) is 1.07. The van der Waals surface area contributed by atoms with E-state index in [1.54, 1.807) is 7.05 Å². The molecule has 0 amide bonds. The largest absolute Gasteiger partial charge is 0.436 e. The van der Waals surface area contributed by atoms with Crippen molar-refractivity contribution in [1.82, 2.24) is 15.1 Å². The van der Waals surface area contributed by atoms with Crippen molar-refractivity contribution in [2.75, 3.05) is 7.05 Å². The molecule has 1 N–H and O–H groups in total. The van der Waals surface area contributed by atoms with Gasteiger partial charge in [0.05, 0.1) is 10.2 Å². The molecule has 80 valence electrons. The van der Waals surface area contributed by atoms with E-state index in [-0.39, 0.29) is 4.47 Å². The fraction of sp³-hybridized carbons (Fsp3) is 0.571. The maximum absolute atomic E-state index is 12.4. The molecule has 0 fully saturated rings. The van der Waals surface area contributed by atoms with Gasteiger partial charge in [-0.15, -0.1) is 0 Å². The van der Waals surface area contributed by atoms with Crippen molar-refractivity contribution in [3.05, 3.63) is 15.9 Å². The Balaban J connectivity index is 3.17. The van der Waals surface area contributed by atoms with Gasteiger partial charge < -0.3 is 5.32 Å². The minimum absolute atomic E-state index is 0.00171. The van der Waals surface area contributed by atoms with Gasteiger partial charge in [0, 0.05) is 13.6 Å². The third kappa shape index (κ3) is 2.09. The maximum Gasteiger partial charge on any atom is 0.436 e. The van der Waals surface area contributed by atoms with Crippen molar-refractivity contribution in [2.24, 2.45) is 7.05 Å². The molecule has 0 spiro atoms. The summed E-state index contributed by atoms with van der Waals surface area (Å²) < 4.78 is 38.3. The summed E-state index contributed by atoms with van der Waals surface area (Å²) in [5.74, 6) is 0. The summed E-state index contributed by atoms with van der Waals surface area (Å²) in [5.41, 5.74) is -0.412. The zero-order valence-electron chi connectivity index (χ0n) is 7.61. The number of halogens is 4. The van der Waals surface area contributed by atoms with Crippen LogP contribution in [0.3, 0.4) is 0 Å². The molecule has 0 aliphatic carbocycles. The SMILES string of the molecule is CNCc1c(Br)c(C(F)(F)F)nn1C. The van der Waals surface area contributed by atoms with Crippen LogP contribution in [0.1, 0.15) is 11.4 Å². The molecule has 0 saturated carbocycles. The van der Waals surface area contributed by atoms with Gasteiger partial charge >= 0.3 is 6.18 Å². The lowest BCUT2D eigenvalue weighted by molar-refractivity contribution is -0.142. The van der Waals surface area contributed by atoms with E-state index in [1.165, 1.54) is 11.7 Å². The van der Waals surface area contributed by atoms with Gasteiger partial charge in [0.2, 0.25) is 0 Å². The van der Waals surface area contributed by atoms with Crippen LogP contribution in [0.15, 0.2) is 4.47 Å². The number of alkyl halides is 3. The number of rotatable bonds is 2. The smallest absolute Gasteiger partial charge is 0.314 e. The zero-order valence-corrected chi connectivity index (χ0v) is 9.20. The third-order valence-corrected chi connectivity index (χ3v) is 2.55. The van der Waals surface area contributed by atoms with Crippen molar-refractivity contribution in [2.45, 2.75) is 12.7 Å². The van der Waals surface area contributed by atoms with E-state index in [0.717, 1.165) is 0 Å². The summed E-state index contributed by atoms with van der Waals surface area (Å²) in [6, 6.07) is 0. The van der Waals surface area contributed by atoms with Crippen LogP contribution in [0.4, 0.5) is 13.2 Å². The van der Waals surface area contributed by atoms with E-state index >= 15 is 0 Å². The Labute approximate surface area is 87.4 Å². The first-order chi connectivity index (χ1) is 6.38. The highest BCUT2D eigenvalue weighted by atomic mass is 79.9. The Morgan fingerprint density at radius 2 is 2.07 bits per heavy atom. The molecule has 0 aliphatic heterocycles. The van der Waals surface area contributed by atoms with Crippen LogP contribution in [-0.4, -0.2) is 16.8 Å². The molecule has 1 aromatic rings. The molecule has 0 atom stereocenters. The summed E-state index contributed by atoms with van der Waals surface area (Å²) in [5, 5.41) is 6.18. The van der Waals surface area contributed by atoms with E-state index in [4.69, 9.17) is 0 Å². The molecule has 0 saturated heterocycles. The number of aryl methyl sites for hydroxylation is 1. The predicted octanol–water partition coefficient (Wildman–Crippen LogP) is 1.92. The van der Waals surface area contributed by atoms with Gasteiger partial charge in [0.1, 0.15) is 0 Å². The highest BCUT2D eigenvalue weighted by molar-refractivity contribution is 9.10. The summed E-state index contributed by atoms with van der Waals surface area (Å²) in [7, 11) is 3.14. The second-order valence-electron chi connectivity index (χ2n) is 2.76. The first-order valence-electron chi connectivity index (χ1n) is 3.81. The molecule has 7 heteroatoms. The average Bonchev–Trinajstić information content (AvgIpc) is 2.31. The normalized spacial score (nSPS) is 12.1. The van der Waals surface area contributed by atoms with Crippen molar-refractivity contribution >= 4 is 15.9 Å². The number of aromatic nitrogens is 2. The van der Waals surface area contributed by atoms with Crippen LogP contribution >= 0.6 is 15.9 Å². The molecular weight excluding hydrogens is 263 g/mol. The Morgan fingerprint density at radius 1 is 1.50 bits per heavy atom. The predicted molar refractivity (Wildman–Crippen MR) is 48.7 cm³/mol. The summed E-state index contributed by atoms with van der Waals surface area (Å²) in [6.45, 7) is 0.333. The second kappa shape index (κ2) is 3.90. The van der Waals surface area contributed by atoms with Crippen molar-refractivity contribution in [1.29, 1.82) is 0 Å². The van der Waals surface area contributed by atoms with E-state index in [0.29, 0.717) is 12.2 Å². The van der Waals surface area contributed by atoms with Gasteiger partial charge in [-0.05, 0) is 23.0 Å². The Kier molecular flexibility index (Phi) is 3.20. The molecule has 1 heterocycles. The number of nitrogens with zero attached hydrogens (tertiary/aromatic N) is 2. The van der Waals surface area contributed by atoms with Crippen molar-refractivity contribution in [3.63, 3.8) is 0 Å². The number of hydrogen-bond donors (Lipinski definition) is 1. The Hall–Kier alpha value is -0.560. The van der Waals surface area contributed by atoms with Gasteiger partial charge in [-0.2, -0.15) is 18.3 Å². The third-order valence-electron chi connectivity index (χ3n) is 1.71. The van der Waals surface area contributed by atoms with E-state index in [9.17, 15) is 13.2 Å². The topological polar surface area (TPSA) is 29.9 Å². The molecule has 14 heavy (non-hydrogen) atoms. The first kappa shape index (κ1) is 11.5. The molecule has 1 rings (SSSR count). The summed E-state index contributed by atoms with van der Waals surface area (Å²) in [4.78, 5) is 0. The van der Waals surface area contributed by atoms with E-state index in [1.807, 2.05) is 0 Å². The Morgan fingerprint density at radius 3 is 2.43 bits per heavy atom. The molecule has 0 aliphatic rings. The second-order valence-corrected chi connectivity index (χ2v) is 3.55. The van der Waals surface area contributed by atoms with Crippen LogP contribution in [0.25, 0.3) is 0 Å². The highest BCUT2D eigenvalue weighted by Crippen LogP contribution is 2.35. The fourth-order valence-corrected chi connectivity index (χ4v) is 1.77. The number of nitrogens with one attached hydrogen (secondary N) is 1. The minimum Gasteiger partial charge on any atom is -0.314 e. The summed E-state index contributed by atoms with van der Waals surface area (Å²) in [6.07, 6.45) is -4.41. The molecule has 0 aromatic carbocycles. The van der Waals surface area contributed by atoms with E-state index in [2.05, 4.69) is 26.3 Å². The van der Waals surface area contributed by atoms with E-state index < -0.39 is 11.9 Å². The summed E-state index contributed by atoms with van der Waals surface area (Å²) >= 11 is 2.90. The quantitative estimate of drug-likeness (QED) is 0.891. The van der Waals surface area contributed by atoms with Gasteiger partial charge in [-0.3, -0.25) is 4.68 Å². The lowest BCUT2D eigenvalue weighted by atomic mass is 10.3. The van der Waals surface area contributed by atoms with Crippen molar-refractivity contribution in [3.8, 4) is 0 Å². The van der Waals surface area contributed by atoms with Crippen molar-refractivity contribution < 1.29 is 13.2 Å². The molecule has 0 unspecified atom stereocenters. The van der Waals surface area contributed by atoms with Crippen LogP contribution in [-0.2, 0) is 19.8 Å². The first-order valence-corrected chi connectivity index (χ1v) is 4.60. The molecular formula is C7H9BrF3N3. The standard InChI is InChI=1S/C7H9BrF3N3/c1-12-3-4-5(8)6(7(9,10)11)13-14(4)2/h12H,3H2,1-2H3. The lowest BCUT2D eigenvalue weighted by Crippen LogP contribution is -2.10. The minimum atomic E-state index is -4.41.